The lowest BCUT2D eigenvalue weighted by Gasteiger charge is -2.19. The van der Waals surface area contributed by atoms with Crippen molar-refractivity contribution >= 4 is 0 Å². The van der Waals surface area contributed by atoms with E-state index in [4.69, 9.17) is 0 Å². The highest BCUT2D eigenvalue weighted by Gasteiger charge is 2.26. The average molecular weight is 219 g/mol. The molecule has 88 valence electrons. The van der Waals surface area contributed by atoms with Crippen LogP contribution in [0.2, 0.25) is 0 Å². The zero-order chi connectivity index (χ0) is 11.0. The van der Waals surface area contributed by atoms with Gasteiger partial charge in [0.2, 0.25) is 0 Å². The summed E-state index contributed by atoms with van der Waals surface area (Å²) in [5.41, 5.74) is 1.39. The van der Waals surface area contributed by atoms with Crippen molar-refractivity contribution < 1.29 is 0 Å². The van der Waals surface area contributed by atoms with Crippen LogP contribution in [0.25, 0.3) is 0 Å². The monoisotopic (exact) mass is 219 g/mol. The van der Waals surface area contributed by atoms with Crippen molar-refractivity contribution in [3.63, 3.8) is 0 Å². The van der Waals surface area contributed by atoms with Crippen molar-refractivity contribution in [3.05, 3.63) is 18.2 Å². The molecule has 1 N–H and O–H groups in total. The normalized spacial score (nSPS) is 27.2. The maximum Gasteiger partial charge on any atom is 0.0951 e. The van der Waals surface area contributed by atoms with Crippen LogP contribution in [0.15, 0.2) is 12.5 Å². The molecule has 1 aromatic heterocycles. The van der Waals surface area contributed by atoms with E-state index in [9.17, 15) is 0 Å². The molecular weight excluding hydrogens is 198 g/mol. The Balaban J connectivity index is 1.74. The molecule has 1 aromatic rings. The van der Waals surface area contributed by atoms with Crippen molar-refractivity contribution in [1.82, 2.24) is 14.9 Å². The van der Waals surface area contributed by atoms with Crippen LogP contribution in [0, 0.1) is 5.92 Å². The molecule has 2 aliphatic rings. The fraction of sp³-hybridized carbons (Fsp3) is 0.769. The molecule has 16 heavy (non-hydrogen) atoms. The number of nitrogens with one attached hydrogen (secondary N) is 1. The van der Waals surface area contributed by atoms with Gasteiger partial charge in [-0.05, 0) is 38.6 Å². The third-order valence-electron chi connectivity index (χ3n) is 3.96. The van der Waals surface area contributed by atoms with Gasteiger partial charge in [0.15, 0.2) is 0 Å². The van der Waals surface area contributed by atoms with Gasteiger partial charge in [-0.1, -0.05) is 12.8 Å². The van der Waals surface area contributed by atoms with Crippen LogP contribution in [0.5, 0.6) is 0 Å². The second-order valence-corrected chi connectivity index (χ2v) is 5.40. The van der Waals surface area contributed by atoms with E-state index in [1.54, 1.807) is 0 Å². The summed E-state index contributed by atoms with van der Waals surface area (Å²) in [4.78, 5) is 4.34. The van der Waals surface area contributed by atoms with E-state index in [1.165, 1.54) is 37.8 Å². The molecule has 0 aromatic carbocycles. The summed E-state index contributed by atoms with van der Waals surface area (Å²) in [6.45, 7) is 3.49. The largest absolute Gasteiger partial charge is 0.330 e. The Bertz CT molecular complexity index is 348. The highest BCUT2D eigenvalue weighted by Crippen LogP contribution is 2.37. The number of hydrogen-bond acceptors (Lipinski definition) is 2. The first-order valence-corrected chi connectivity index (χ1v) is 6.59. The van der Waals surface area contributed by atoms with Gasteiger partial charge in [0, 0.05) is 18.3 Å². The Morgan fingerprint density at radius 2 is 2.38 bits per heavy atom. The SMILES string of the molecule is CC(CC1CC1)n1cncc1C1CCCN1. The zero-order valence-corrected chi connectivity index (χ0v) is 10.0. The Morgan fingerprint density at radius 1 is 1.50 bits per heavy atom. The van der Waals surface area contributed by atoms with Crippen LogP contribution in [0.4, 0.5) is 0 Å². The topological polar surface area (TPSA) is 29.9 Å². The molecule has 1 saturated carbocycles. The highest BCUT2D eigenvalue weighted by molar-refractivity contribution is 5.08. The van der Waals surface area contributed by atoms with Crippen molar-refractivity contribution in [2.24, 2.45) is 5.92 Å². The molecule has 0 amide bonds. The third kappa shape index (κ3) is 2.01. The highest BCUT2D eigenvalue weighted by atomic mass is 15.1. The second-order valence-electron chi connectivity index (χ2n) is 5.40. The lowest BCUT2D eigenvalue weighted by atomic mass is 10.1. The fourth-order valence-electron chi connectivity index (χ4n) is 2.84. The smallest absolute Gasteiger partial charge is 0.0951 e. The molecule has 2 atom stereocenters. The first-order chi connectivity index (χ1) is 7.84. The van der Waals surface area contributed by atoms with Crippen molar-refractivity contribution in [2.75, 3.05) is 6.54 Å². The molecule has 2 heterocycles. The third-order valence-corrected chi connectivity index (χ3v) is 3.96. The van der Waals surface area contributed by atoms with E-state index >= 15 is 0 Å². The fourth-order valence-corrected chi connectivity index (χ4v) is 2.84. The van der Waals surface area contributed by atoms with Crippen LogP contribution in [-0.4, -0.2) is 16.1 Å². The summed E-state index contributed by atoms with van der Waals surface area (Å²) in [5.74, 6) is 0.988. The first kappa shape index (κ1) is 10.3. The quantitative estimate of drug-likeness (QED) is 0.843. The van der Waals surface area contributed by atoms with Crippen LogP contribution in [0.3, 0.4) is 0 Å². The summed E-state index contributed by atoms with van der Waals surface area (Å²) in [6.07, 6.45) is 10.8. The Labute approximate surface area is 97.3 Å². The molecule has 3 heteroatoms. The van der Waals surface area contributed by atoms with Gasteiger partial charge < -0.3 is 9.88 Å². The van der Waals surface area contributed by atoms with Gasteiger partial charge in [-0.2, -0.15) is 0 Å². The van der Waals surface area contributed by atoms with Gasteiger partial charge in [-0.25, -0.2) is 4.98 Å². The van der Waals surface area contributed by atoms with Crippen molar-refractivity contribution in [1.29, 1.82) is 0 Å². The van der Waals surface area contributed by atoms with E-state index in [-0.39, 0.29) is 0 Å². The molecule has 3 nitrogen and oxygen atoms in total. The number of hydrogen-bond donors (Lipinski definition) is 1. The summed E-state index contributed by atoms with van der Waals surface area (Å²) >= 11 is 0. The van der Waals surface area contributed by atoms with Gasteiger partial charge in [0.25, 0.3) is 0 Å². The summed E-state index contributed by atoms with van der Waals surface area (Å²) in [6, 6.07) is 1.16. The van der Waals surface area contributed by atoms with Gasteiger partial charge in [-0.3, -0.25) is 0 Å². The standard InChI is InChI=1S/C13H21N3/c1-10(7-11-4-5-11)16-9-14-8-13(16)12-3-2-6-15-12/h8-12,15H,2-7H2,1H3. The number of imidazole rings is 1. The molecule has 1 aliphatic carbocycles. The predicted molar refractivity (Wildman–Crippen MR) is 64.3 cm³/mol. The van der Waals surface area contributed by atoms with E-state index < -0.39 is 0 Å². The molecule has 2 unspecified atom stereocenters. The maximum atomic E-state index is 4.34. The molecule has 3 rings (SSSR count). The molecule has 0 spiro atoms. The Morgan fingerprint density at radius 3 is 3.06 bits per heavy atom. The van der Waals surface area contributed by atoms with E-state index in [0.717, 1.165) is 12.5 Å². The van der Waals surface area contributed by atoms with E-state index in [0.29, 0.717) is 12.1 Å². The average Bonchev–Trinajstić information content (AvgIpc) is 2.84. The van der Waals surface area contributed by atoms with Crippen LogP contribution >= 0.6 is 0 Å². The minimum Gasteiger partial charge on any atom is -0.330 e. The van der Waals surface area contributed by atoms with Gasteiger partial charge >= 0.3 is 0 Å². The maximum absolute atomic E-state index is 4.34. The minimum atomic E-state index is 0.546. The number of aromatic nitrogens is 2. The number of rotatable bonds is 4. The van der Waals surface area contributed by atoms with E-state index in [2.05, 4.69) is 21.8 Å². The molecule has 2 fully saturated rings. The predicted octanol–water partition coefficient (Wildman–Crippen LogP) is 2.67. The van der Waals surface area contributed by atoms with Crippen LogP contribution < -0.4 is 5.32 Å². The van der Waals surface area contributed by atoms with Crippen LogP contribution in [0.1, 0.15) is 56.8 Å². The lowest BCUT2D eigenvalue weighted by Crippen LogP contribution is -2.18. The van der Waals surface area contributed by atoms with E-state index in [1.807, 2.05) is 12.5 Å². The van der Waals surface area contributed by atoms with Crippen molar-refractivity contribution in [3.8, 4) is 0 Å². The lowest BCUT2D eigenvalue weighted by molar-refractivity contribution is 0.444. The summed E-state index contributed by atoms with van der Waals surface area (Å²) in [5, 5.41) is 3.56. The molecule has 0 bridgehead atoms. The van der Waals surface area contributed by atoms with Crippen LogP contribution in [-0.2, 0) is 0 Å². The molecule has 0 radical (unpaired) electrons. The van der Waals surface area contributed by atoms with Crippen molar-refractivity contribution in [2.45, 2.75) is 51.1 Å². The number of nitrogens with zero attached hydrogens (tertiary/aromatic N) is 2. The molecular formula is C13H21N3. The molecule has 1 saturated heterocycles. The Kier molecular flexibility index (Phi) is 2.72. The van der Waals surface area contributed by atoms with Gasteiger partial charge in [0.05, 0.1) is 12.0 Å². The van der Waals surface area contributed by atoms with Gasteiger partial charge in [-0.15, -0.1) is 0 Å². The minimum absolute atomic E-state index is 0.546. The molecule has 1 aliphatic heterocycles. The zero-order valence-electron chi connectivity index (χ0n) is 10.0. The summed E-state index contributed by atoms with van der Waals surface area (Å²) < 4.78 is 2.39. The second kappa shape index (κ2) is 4.21. The Hall–Kier alpha value is -0.830. The van der Waals surface area contributed by atoms with Gasteiger partial charge in [0.1, 0.15) is 0 Å². The summed E-state index contributed by atoms with van der Waals surface area (Å²) in [7, 11) is 0. The first-order valence-electron chi connectivity index (χ1n) is 6.59.